The molecule has 0 aliphatic heterocycles. The summed E-state index contributed by atoms with van der Waals surface area (Å²) >= 11 is -0.974. The van der Waals surface area contributed by atoms with Gasteiger partial charge in [-0.1, -0.05) is 24.0 Å². The van der Waals surface area contributed by atoms with Crippen LogP contribution in [0.1, 0.15) is 43.9 Å². The fraction of sp³-hybridized carbons (Fsp3) is 0.483. The van der Waals surface area contributed by atoms with Gasteiger partial charge in [0.25, 0.3) is 0 Å². The van der Waals surface area contributed by atoms with E-state index in [4.69, 9.17) is 14.5 Å². The summed E-state index contributed by atoms with van der Waals surface area (Å²) in [6.07, 6.45) is 9.61. The third-order valence-corrected chi connectivity index (χ3v) is 7.80. The molecule has 0 N–H and O–H groups in total. The molecule has 1 saturated carbocycles. The number of anilines is 2. The fourth-order valence-corrected chi connectivity index (χ4v) is 5.28. The van der Waals surface area contributed by atoms with Gasteiger partial charge in [0.2, 0.25) is 11.8 Å². The molecule has 4 rings (SSSR count). The number of aromatic nitrogens is 3. The van der Waals surface area contributed by atoms with Crippen LogP contribution in [0.25, 0.3) is 0 Å². The summed E-state index contributed by atoms with van der Waals surface area (Å²) in [7, 11) is 1.57. The van der Waals surface area contributed by atoms with Crippen LogP contribution in [-0.4, -0.2) is 58.3 Å². The number of benzene rings is 1. The van der Waals surface area contributed by atoms with Gasteiger partial charge in [0.05, 0.1) is 43.7 Å². The first kappa shape index (κ1) is 29.8. The number of halogens is 2. The van der Waals surface area contributed by atoms with Gasteiger partial charge in [-0.25, -0.2) is 23.7 Å². The molecule has 0 spiro atoms. The second-order valence-electron chi connectivity index (χ2n) is 9.94. The Bertz CT molecular complexity index is 1230. The van der Waals surface area contributed by atoms with E-state index in [1.165, 1.54) is 44.1 Å². The fourth-order valence-electron chi connectivity index (χ4n) is 4.97. The zero-order valence-corrected chi connectivity index (χ0v) is 24.1. The molecule has 0 radical (unpaired) electrons. The van der Waals surface area contributed by atoms with Crippen molar-refractivity contribution in [3.8, 4) is 11.6 Å². The van der Waals surface area contributed by atoms with E-state index in [0.717, 1.165) is 36.6 Å². The normalized spacial score (nSPS) is 14.2. The first-order valence-corrected chi connectivity index (χ1v) is 15.3. The van der Waals surface area contributed by atoms with Gasteiger partial charge < -0.3 is 23.8 Å². The molecule has 2 aromatic heterocycles. The van der Waals surface area contributed by atoms with Crippen LogP contribution in [0.5, 0.6) is 11.6 Å². The molecule has 1 aliphatic carbocycles. The summed E-state index contributed by atoms with van der Waals surface area (Å²) in [5.41, 5.74) is 1.87. The van der Waals surface area contributed by atoms with Gasteiger partial charge >= 0.3 is 0 Å². The van der Waals surface area contributed by atoms with Gasteiger partial charge in [0.1, 0.15) is 24.0 Å². The summed E-state index contributed by atoms with van der Waals surface area (Å²) in [4.78, 5) is 17.8. The summed E-state index contributed by atoms with van der Waals surface area (Å²) in [6, 6.07) is 7.25. The Kier molecular flexibility index (Phi) is 10.8. The van der Waals surface area contributed by atoms with Crippen molar-refractivity contribution in [2.75, 3.05) is 48.6 Å². The molecule has 1 atom stereocenters. The summed E-state index contributed by atoms with van der Waals surface area (Å²) in [5, 5.41) is 0. The molecule has 1 fully saturated rings. The van der Waals surface area contributed by atoms with Crippen molar-refractivity contribution in [3.05, 3.63) is 65.6 Å². The number of rotatable bonds is 14. The second kappa shape index (κ2) is 14.5. The van der Waals surface area contributed by atoms with Gasteiger partial charge in [-0.2, -0.15) is 0 Å². The molecule has 1 aliphatic rings. The number of pyridine rings is 1. The van der Waals surface area contributed by atoms with Crippen molar-refractivity contribution < 1.29 is 22.8 Å². The average molecular weight is 574 g/mol. The number of hydrogen-bond acceptors (Lipinski definition) is 8. The van der Waals surface area contributed by atoms with Crippen LogP contribution in [0.15, 0.2) is 42.7 Å². The molecular formula is C29H37F2N5O3S. The minimum Gasteiger partial charge on any atom is -0.616 e. The lowest BCUT2D eigenvalue weighted by Crippen LogP contribution is -2.31. The minimum absolute atomic E-state index is 0.0195. The SMILES string of the molecule is CCN(CC1CCCC1)c1ccc(OC)nc1CN(Cc1cc(F)ccc1F)c1ncc(OCC[S+](C)[O-])cn1. The van der Waals surface area contributed by atoms with Crippen molar-refractivity contribution in [2.24, 2.45) is 5.92 Å². The Morgan fingerprint density at radius 2 is 1.80 bits per heavy atom. The molecule has 40 heavy (non-hydrogen) atoms. The van der Waals surface area contributed by atoms with Gasteiger partial charge in [-0.3, -0.25) is 0 Å². The van der Waals surface area contributed by atoms with Gasteiger partial charge in [-0.15, -0.1) is 0 Å². The molecule has 0 bridgehead atoms. The molecule has 0 amide bonds. The van der Waals surface area contributed by atoms with E-state index in [2.05, 4.69) is 21.8 Å². The maximum Gasteiger partial charge on any atom is 0.226 e. The lowest BCUT2D eigenvalue weighted by atomic mass is 10.1. The van der Waals surface area contributed by atoms with Crippen LogP contribution < -0.4 is 19.3 Å². The Morgan fingerprint density at radius 1 is 1.05 bits per heavy atom. The number of hydrogen-bond donors (Lipinski definition) is 0. The number of nitrogens with zero attached hydrogens (tertiary/aromatic N) is 5. The highest BCUT2D eigenvalue weighted by Crippen LogP contribution is 2.31. The Balaban J connectivity index is 1.65. The molecule has 3 aromatic rings. The molecule has 11 heteroatoms. The third-order valence-electron chi connectivity index (χ3n) is 7.06. The van der Waals surface area contributed by atoms with Crippen LogP contribution in [0, 0.1) is 17.6 Å². The Morgan fingerprint density at radius 3 is 2.48 bits per heavy atom. The molecule has 1 aromatic carbocycles. The maximum absolute atomic E-state index is 14.7. The van der Waals surface area contributed by atoms with E-state index >= 15 is 0 Å². The topological polar surface area (TPSA) is 86.7 Å². The molecule has 8 nitrogen and oxygen atoms in total. The van der Waals surface area contributed by atoms with Gasteiger partial charge in [-0.05, 0) is 49.9 Å². The van der Waals surface area contributed by atoms with Crippen molar-refractivity contribution in [1.29, 1.82) is 0 Å². The molecule has 1 unspecified atom stereocenters. The monoisotopic (exact) mass is 573 g/mol. The van der Waals surface area contributed by atoms with E-state index in [1.807, 2.05) is 12.1 Å². The predicted octanol–water partition coefficient (Wildman–Crippen LogP) is 5.14. The summed E-state index contributed by atoms with van der Waals surface area (Å²) in [5.74, 6) is 1.19. The Labute approximate surface area is 237 Å². The lowest BCUT2D eigenvalue weighted by molar-refractivity contribution is 0.338. The van der Waals surface area contributed by atoms with Crippen LogP contribution in [-0.2, 0) is 24.3 Å². The largest absolute Gasteiger partial charge is 0.616 e. The number of methoxy groups -OCH3 is 1. The van der Waals surface area contributed by atoms with Gasteiger partial charge in [0.15, 0.2) is 5.75 Å². The second-order valence-corrected chi connectivity index (χ2v) is 11.5. The van der Waals surface area contributed by atoms with Crippen LogP contribution in [0.3, 0.4) is 0 Å². The smallest absolute Gasteiger partial charge is 0.226 e. The van der Waals surface area contributed by atoms with E-state index < -0.39 is 22.8 Å². The van der Waals surface area contributed by atoms with Crippen LogP contribution in [0.4, 0.5) is 20.4 Å². The van der Waals surface area contributed by atoms with Crippen molar-refractivity contribution >= 4 is 22.8 Å². The lowest BCUT2D eigenvalue weighted by Gasteiger charge is -2.30. The van der Waals surface area contributed by atoms with Crippen molar-refractivity contribution in [1.82, 2.24) is 15.0 Å². The minimum atomic E-state index is -0.974. The van der Waals surface area contributed by atoms with Gasteiger partial charge in [0, 0.05) is 31.3 Å². The van der Waals surface area contributed by atoms with E-state index in [-0.39, 0.29) is 25.3 Å². The summed E-state index contributed by atoms with van der Waals surface area (Å²) in [6.45, 7) is 4.39. The predicted molar refractivity (Wildman–Crippen MR) is 153 cm³/mol. The van der Waals surface area contributed by atoms with E-state index in [0.29, 0.717) is 29.2 Å². The molecule has 0 saturated heterocycles. The number of ether oxygens (including phenoxy) is 2. The van der Waals surface area contributed by atoms with Crippen molar-refractivity contribution in [2.45, 2.75) is 45.7 Å². The first-order valence-electron chi connectivity index (χ1n) is 13.6. The quantitative estimate of drug-likeness (QED) is 0.245. The third kappa shape index (κ3) is 8.17. The standard InChI is InChI=1S/C29H37F2N5O3S/c1-4-35(18-21-7-5-6-8-21)27-11-12-28(38-2)34-26(27)20-36(19-22-15-23(30)9-10-25(22)31)29-32-16-24(17-33-29)39-13-14-40(3)37/h9-12,15-17,21H,4-8,13-14,18-20H2,1-3H3. The zero-order valence-electron chi connectivity index (χ0n) is 23.3. The Hall–Kier alpha value is -3.18. The molecule has 216 valence electrons. The van der Waals surface area contributed by atoms with Crippen LogP contribution in [0.2, 0.25) is 0 Å². The van der Waals surface area contributed by atoms with Crippen molar-refractivity contribution in [3.63, 3.8) is 0 Å². The van der Waals surface area contributed by atoms with Crippen LogP contribution >= 0.6 is 0 Å². The highest BCUT2D eigenvalue weighted by atomic mass is 32.2. The molecular weight excluding hydrogens is 536 g/mol. The average Bonchev–Trinajstić information content (AvgIpc) is 3.47. The zero-order chi connectivity index (χ0) is 28.5. The highest BCUT2D eigenvalue weighted by molar-refractivity contribution is 7.90. The maximum atomic E-state index is 14.7. The molecule has 2 heterocycles. The highest BCUT2D eigenvalue weighted by Gasteiger charge is 2.23. The van der Waals surface area contributed by atoms with E-state index in [1.54, 1.807) is 18.3 Å². The first-order chi connectivity index (χ1) is 19.4. The van der Waals surface area contributed by atoms with E-state index in [9.17, 15) is 13.3 Å². The summed E-state index contributed by atoms with van der Waals surface area (Å²) < 4.78 is 51.2.